The average Bonchev–Trinajstić information content (AvgIpc) is 3.01. The quantitative estimate of drug-likeness (QED) is 0.884. The van der Waals surface area contributed by atoms with Crippen LogP contribution in [0.2, 0.25) is 0 Å². The Balaban J connectivity index is 1.97. The van der Waals surface area contributed by atoms with Crippen LogP contribution in [0.5, 0.6) is 0 Å². The Bertz CT molecular complexity index is 621. The zero-order chi connectivity index (χ0) is 13.8. The van der Waals surface area contributed by atoms with Gasteiger partial charge in [-0.05, 0) is 25.3 Å². The first kappa shape index (κ1) is 12.7. The zero-order valence-corrected chi connectivity index (χ0v) is 11.4. The topological polar surface area (TPSA) is 79.6 Å². The SMILES string of the molecule is Cn1ccc(S(=O)(=O)N2C3CCC2C(C(=O)O)C3)c1. The summed E-state index contributed by atoms with van der Waals surface area (Å²) in [7, 11) is -1.81. The Kier molecular flexibility index (Phi) is 2.72. The highest BCUT2D eigenvalue weighted by atomic mass is 32.2. The van der Waals surface area contributed by atoms with Crippen molar-refractivity contribution in [3.8, 4) is 0 Å². The summed E-state index contributed by atoms with van der Waals surface area (Å²) >= 11 is 0. The Morgan fingerprint density at radius 2 is 2.16 bits per heavy atom. The first-order valence-corrected chi connectivity index (χ1v) is 7.73. The molecule has 0 amide bonds. The standard InChI is InChI=1S/C12H16N2O4S/c1-13-5-4-9(7-13)19(17,18)14-8-2-3-11(14)10(6-8)12(15)16/h4-5,7-8,10-11H,2-3,6H2,1H3,(H,15,16). The molecular formula is C12H16N2O4S. The summed E-state index contributed by atoms with van der Waals surface area (Å²) in [4.78, 5) is 11.4. The van der Waals surface area contributed by atoms with E-state index >= 15 is 0 Å². The summed E-state index contributed by atoms with van der Waals surface area (Å²) in [5, 5.41) is 9.17. The van der Waals surface area contributed by atoms with Crippen LogP contribution in [0.3, 0.4) is 0 Å². The van der Waals surface area contributed by atoms with Gasteiger partial charge in [0.1, 0.15) is 0 Å². The molecule has 7 heteroatoms. The van der Waals surface area contributed by atoms with Gasteiger partial charge in [0.25, 0.3) is 0 Å². The van der Waals surface area contributed by atoms with E-state index in [1.807, 2.05) is 0 Å². The fourth-order valence-corrected chi connectivity index (χ4v) is 5.30. The normalized spacial score (nSPS) is 30.9. The van der Waals surface area contributed by atoms with Gasteiger partial charge < -0.3 is 9.67 Å². The lowest BCUT2D eigenvalue weighted by molar-refractivity contribution is -0.142. The van der Waals surface area contributed by atoms with Gasteiger partial charge in [-0.2, -0.15) is 4.31 Å². The minimum atomic E-state index is -3.57. The van der Waals surface area contributed by atoms with Crippen molar-refractivity contribution in [2.75, 3.05) is 0 Å². The fraction of sp³-hybridized carbons (Fsp3) is 0.583. The van der Waals surface area contributed by atoms with Gasteiger partial charge in [-0.3, -0.25) is 4.79 Å². The van der Waals surface area contributed by atoms with Crippen LogP contribution < -0.4 is 0 Å². The molecule has 1 aromatic rings. The number of sulfonamides is 1. The minimum absolute atomic E-state index is 0.156. The van der Waals surface area contributed by atoms with E-state index in [1.165, 1.54) is 4.31 Å². The first-order valence-electron chi connectivity index (χ1n) is 6.29. The molecule has 2 aliphatic heterocycles. The lowest BCUT2D eigenvalue weighted by atomic mass is 9.89. The summed E-state index contributed by atoms with van der Waals surface area (Å²) < 4.78 is 28.3. The van der Waals surface area contributed by atoms with E-state index in [9.17, 15) is 13.2 Å². The third-order valence-corrected chi connectivity index (χ3v) is 6.13. The highest BCUT2D eigenvalue weighted by Gasteiger charge is 2.54. The van der Waals surface area contributed by atoms with Gasteiger partial charge >= 0.3 is 5.97 Å². The molecule has 104 valence electrons. The summed E-state index contributed by atoms with van der Waals surface area (Å²) in [6.07, 6.45) is 5.09. The van der Waals surface area contributed by atoms with Crippen molar-refractivity contribution in [2.45, 2.75) is 36.2 Å². The lowest BCUT2D eigenvalue weighted by Crippen LogP contribution is -2.37. The number of nitrogens with zero attached hydrogens (tertiary/aromatic N) is 2. The number of hydrogen-bond acceptors (Lipinski definition) is 3. The highest BCUT2D eigenvalue weighted by Crippen LogP contribution is 2.44. The van der Waals surface area contributed by atoms with E-state index in [0.717, 1.165) is 6.42 Å². The van der Waals surface area contributed by atoms with E-state index < -0.39 is 21.9 Å². The maximum Gasteiger partial charge on any atom is 0.308 e. The van der Waals surface area contributed by atoms with Gasteiger partial charge in [0.15, 0.2) is 0 Å². The second-order valence-corrected chi connectivity index (χ2v) is 7.17. The predicted octanol–water partition coefficient (Wildman–Crippen LogP) is 0.651. The molecule has 3 heterocycles. The number of carboxylic acid groups (broad SMARTS) is 1. The Morgan fingerprint density at radius 3 is 2.68 bits per heavy atom. The van der Waals surface area contributed by atoms with Crippen LogP contribution in [0.15, 0.2) is 23.4 Å². The molecule has 3 rings (SSSR count). The van der Waals surface area contributed by atoms with Crippen molar-refractivity contribution in [1.29, 1.82) is 0 Å². The number of aromatic nitrogens is 1. The molecular weight excluding hydrogens is 268 g/mol. The number of carbonyl (C=O) groups is 1. The average molecular weight is 284 g/mol. The summed E-state index contributed by atoms with van der Waals surface area (Å²) in [5.41, 5.74) is 0. The van der Waals surface area contributed by atoms with Crippen molar-refractivity contribution >= 4 is 16.0 Å². The van der Waals surface area contributed by atoms with Crippen molar-refractivity contribution < 1.29 is 18.3 Å². The number of rotatable bonds is 3. The van der Waals surface area contributed by atoms with Crippen LogP contribution in [-0.2, 0) is 21.9 Å². The predicted molar refractivity (Wildman–Crippen MR) is 67.0 cm³/mol. The lowest BCUT2D eigenvalue weighted by Gasteiger charge is -2.21. The van der Waals surface area contributed by atoms with Gasteiger partial charge in [-0.15, -0.1) is 0 Å². The third-order valence-electron chi connectivity index (χ3n) is 4.17. The molecule has 2 saturated heterocycles. The number of aliphatic carboxylic acids is 1. The molecule has 0 saturated carbocycles. The van der Waals surface area contributed by atoms with E-state index in [4.69, 9.17) is 5.11 Å². The second-order valence-electron chi connectivity index (χ2n) is 5.33. The van der Waals surface area contributed by atoms with Gasteiger partial charge in [-0.25, -0.2) is 8.42 Å². The van der Waals surface area contributed by atoms with Crippen molar-refractivity contribution in [1.82, 2.24) is 8.87 Å². The number of aryl methyl sites for hydroxylation is 1. The van der Waals surface area contributed by atoms with Gasteiger partial charge in [0.2, 0.25) is 10.0 Å². The van der Waals surface area contributed by atoms with Crippen LogP contribution in [0.4, 0.5) is 0 Å². The molecule has 3 unspecified atom stereocenters. The van der Waals surface area contributed by atoms with Crippen molar-refractivity contribution in [2.24, 2.45) is 13.0 Å². The molecule has 1 N–H and O–H groups in total. The molecule has 0 radical (unpaired) electrons. The van der Waals surface area contributed by atoms with Crippen LogP contribution in [0.25, 0.3) is 0 Å². The van der Waals surface area contributed by atoms with Gasteiger partial charge in [0, 0.05) is 31.5 Å². The smallest absolute Gasteiger partial charge is 0.308 e. The molecule has 19 heavy (non-hydrogen) atoms. The summed E-state index contributed by atoms with van der Waals surface area (Å²) in [6.45, 7) is 0. The van der Waals surface area contributed by atoms with E-state index in [2.05, 4.69) is 0 Å². The van der Waals surface area contributed by atoms with Crippen LogP contribution in [0, 0.1) is 5.92 Å². The van der Waals surface area contributed by atoms with Crippen molar-refractivity contribution in [3.63, 3.8) is 0 Å². The third kappa shape index (κ3) is 1.80. The monoisotopic (exact) mass is 284 g/mol. The summed E-state index contributed by atoms with van der Waals surface area (Å²) in [5.74, 6) is -1.45. The number of carboxylic acids is 1. The molecule has 0 aromatic carbocycles. The minimum Gasteiger partial charge on any atom is -0.481 e. The molecule has 0 aliphatic carbocycles. The summed E-state index contributed by atoms with van der Waals surface area (Å²) in [6, 6.07) is 1.02. The van der Waals surface area contributed by atoms with Gasteiger partial charge in [0.05, 0.1) is 10.8 Å². The van der Waals surface area contributed by atoms with E-state index in [-0.39, 0.29) is 17.0 Å². The molecule has 0 spiro atoms. The molecule has 2 bridgehead atoms. The number of hydrogen-bond donors (Lipinski definition) is 1. The van der Waals surface area contributed by atoms with E-state index in [1.54, 1.807) is 30.1 Å². The first-order chi connectivity index (χ1) is 8.91. The molecule has 3 atom stereocenters. The second kappa shape index (κ2) is 4.08. The Hall–Kier alpha value is -1.34. The van der Waals surface area contributed by atoms with Gasteiger partial charge in [-0.1, -0.05) is 0 Å². The maximum absolute atomic E-state index is 12.6. The largest absolute Gasteiger partial charge is 0.481 e. The van der Waals surface area contributed by atoms with Crippen LogP contribution in [0.1, 0.15) is 19.3 Å². The maximum atomic E-state index is 12.6. The Labute approximate surface area is 111 Å². The fourth-order valence-electron chi connectivity index (χ4n) is 3.33. The molecule has 1 aromatic heterocycles. The molecule has 2 fully saturated rings. The van der Waals surface area contributed by atoms with Crippen molar-refractivity contribution in [3.05, 3.63) is 18.5 Å². The Morgan fingerprint density at radius 1 is 1.42 bits per heavy atom. The molecule has 6 nitrogen and oxygen atoms in total. The van der Waals surface area contributed by atoms with Crippen LogP contribution in [-0.4, -0.2) is 40.4 Å². The number of fused-ring (bicyclic) bond motifs is 2. The zero-order valence-electron chi connectivity index (χ0n) is 10.6. The van der Waals surface area contributed by atoms with E-state index in [0.29, 0.717) is 12.8 Å². The van der Waals surface area contributed by atoms with Crippen LogP contribution >= 0.6 is 0 Å². The molecule has 2 aliphatic rings. The highest BCUT2D eigenvalue weighted by molar-refractivity contribution is 7.89.